The molecule has 1 rings (SSSR count). The van der Waals surface area contributed by atoms with Gasteiger partial charge >= 0.3 is 35.5 Å². The summed E-state index contributed by atoms with van der Waals surface area (Å²) < 4.78 is 5.43. The summed E-state index contributed by atoms with van der Waals surface area (Å²) >= 11 is 0. The Morgan fingerprint density at radius 3 is 1.74 bits per heavy atom. The van der Waals surface area contributed by atoms with Crippen LogP contribution in [0.3, 0.4) is 0 Å². The average Bonchev–Trinajstić information content (AvgIpc) is 2.65. The number of rotatable bonds is 16. The third kappa shape index (κ3) is 15.3. The second-order valence-corrected chi connectivity index (χ2v) is 7.51. The summed E-state index contributed by atoms with van der Waals surface area (Å²) in [6.07, 6.45) is 18.3. The van der Waals surface area contributed by atoms with E-state index in [1.807, 2.05) is 12.1 Å². The first kappa shape index (κ1) is 26.7. The summed E-state index contributed by atoms with van der Waals surface area (Å²) in [5.41, 5.74) is 1.34. The first-order valence-corrected chi connectivity index (χ1v) is 11.1. The van der Waals surface area contributed by atoms with Gasteiger partial charge in [0, 0.05) is 6.42 Å². The van der Waals surface area contributed by atoms with Crippen molar-refractivity contribution in [3.63, 3.8) is 0 Å². The van der Waals surface area contributed by atoms with E-state index in [0.717, 1.165) is 19.3 Å². The fraction of sp³-hybridized carbons (Fsp3) is 0.708. The Kier molecular flexibility index (Phi) is 18.8. The summed E-state index contributed by atoms with van der Waals surface area (Å²) in [5.74, 6) is 0.584. The molecule has 1 aromatic carbocycles. The molecule has 0 N–H and O–H groups in total. The number of benzene rings is 1. The maximum absolute atomic E-state index is 11.8. The molecule has 0 radical (unpaired) electrons. The van der Waals surface area contributed by atoms with Crippen LogP contribution in [0.4, 0.5) is 0 Å². The van der Waals surface area contributed by atoms with Gasteiger partial charge in [0.2, 0.25) is 0 Å². The molecule has 0 aliphatic heterocycles. The number of hydrogen-bond donors (Lipinski definition) is 0. The van der Waals surface area contributed by atoms with Crippen molar-refractivity contribution in [1.82, 2.24) is 0 Å². The first-order valence-electron chi connectivity index (χ1n) is 11.1. The predicted octanol–water partition coefficient (Wildman–Crippen LogP) is 6.99. The number of carbonyl (C=O) groups is 1. The second kappa shape index (κ2) is 19.0. The van der Waals surface area contributed by atoms with Crippen LogP contribution >= 0.6 is 0 Å². The number of hydrogen-bond acceptors (Lipinski definition) is 2. The van der Waals surface area contributed by atoms with Gasteiger partial charge in [0.1, 0.15) is 5.75 Å². The summed E-state index contributed by atoms with van der Waals surface area (Å²) in [4.78, 5) is 11.8. The van der Waals surface area contributed by atoms with E-state index in [9.17, 15) is 4.79 Å². The quantitative estimate of drug-likeness (QED) is 0.133. The molecule has 0 saturated carbocycles. The second-order valence-electron chi connectivity index (χ2n) is 7.51. The molecule has 0 aliphatic rings. The summed E-state index contributed by atoms with van der Waals surface area (Å²) in [5, 5.41) is 0. The zero-order valence-corrected chi connectivity index (χ0v) is 17.2. The molecule has 0 spiro atoms. The first-order chi connectivity index (χ1) is 12.8. The van der Waals surface area contributed by atoms with Gasteiger partial charge in [0.15, 0.2) is 0 Å². The van der Waals surface area contributed by atoms with Gasteiger partial charge in [0.25, 0.3) is 0 Å². The molecule has 0 atom stereocenters. The van der Waals surface area contributed by atoms with Crippen LogP contribution < -0.4 is 4.74 Å². The summed E-state index contributed by atoms with van der Waals surface area (Å²) in [7, 11) is 0. The van der Waals surface area contributed by atoms with Gasteiger partial charge in [-0.15, -0.1) is 0 Å². The molecule has 0 fully saturated rings. The van der Waals surface area contributed by atoms with E-state index < -0.39 is 0 Å². The molecular weight excluding hydrogens is 343 g/mol. The zero-order valence-electron chi connectivity index (χ0n) is 17.2. The van der Waals surface area contributed by atoms with Crippen LogP contribution in [-0.4, -0.2) is 35.5 Å². The molecule has 0 saturated heterocycles. The number of esters is 1. The third-order valence-electron chi connectivity index (χ3n) is 4.96. The van der Waals surface area contributed by atoms with Crippen molar-refractivity contribution < 1.29 is 9.53 Å². The van der Waals surface area contributed by atoms with E-state index in [1.54, 1.807) is 0 Å². The van der Waals surface area contributed by atoms with Crippen LogP contribution in [0.2, 0.25) is 0 Å². The van der Waals surface area contributed by atoms with E-state index >= 15 is 0 Å². The van der Waals surface area contributed by atoms with Crippen LogP contribution in [0.1, 0.15) is 109 Å². The predicted molar refractivity (Wildman–Crippen MR) is 119 cm³/mol. The Bertz CT molecular complexity index is 456. The molecule has 0 amide bonds. The summed E-state index contributed by atoms with van der Waals surface area (Å²) in [6, 6.07) is 8.08. The molecule has 3 heteroatoms. The van der Waals surface area contributed by atoms with E-state index in [-0.39, 0.29) is 35.5 Å². The van der Waals surface area contributed by atoms with Gasteiger partial charge in [0.05, 0.1) is 0 Å². The normalized spacial score (nSPS) is 10.4. The maximum atomic E-state index is 11.8. The Morgan fingerprint density at radius 2 is 1.19 bits per heavy atom. The molecule has 27 heavy (non-hydrogen) atoms. The Labute approximate surface area is 190 Å². The van der Waals surface area contributed by atoms with Crippen molar-refractivity contribution in [2.45, 2.75) is 110 Å². The molecule has 1 aromatic rings. The van der Waals surface area contributed by atoms with Crippen molar-refractivity contribution >= 4 is 35.5 Å². The third-order valence-corrected chi connectivity index (χ3v) is 4.96. The molecule has 0 bridgehead atoms. The minimum absolute atomic E-state index is 0. The monoisotopic (exact) mass is 384 g/mol. The SMILES string of the molecule is CCCCCCCCCCc1ccc(OC(=O)CCCCCCC)cc1.[NaH]. The Morgan fingerprint density at radius 1 is 0.704 bits per heavy atom. The summed E-state index contributed by atoms with van der Waals surface area (Å²) in [6.45, 7) is 4.47. The van der Waals surface area contributed by atoms with Gasteiger partial charge in [-0.2, -0.15) is 0 Å². The van der Waals surface area contributed by atoms with Crippen molar-refractivity contribution in [2.24, 2.45) is 0 Å². The number of aryl methyl sites for hydroxylation is 1. The van der Waals surface area contributed by atoms with Crippen molar-refractivity contribution in [2.75, 3.05) is 0 Å². The minimum atomic E-state index is -0.0997. The number of unbranched alkanes of at least 4 members (excludes halogenated alkanes) is 11. The molecule has 0 aliphatic carbocycles. The Hall–Kier alpha value is -0.310. The molecule has 0 unspecified atom stereocenters. The van der Waals surface area contributed by atoms with E-state index in [0.29, 0.717) is 12.2 Å². The molecule has 0 aromatic heterocycles. The zero-order chi connectivity index (χ0) is 18.9. The van der Waals surface area contributed by atoms with Crippen molar-refractivity contribution in [3.8, 4) is 5.75 Å². The van der Waals surface area contributed by atoms with Gasteiger partial charge in [-0.3, -0.25) is 4.79 Å². The molecule has 150 valence electrons. The van der Waals surface area contributed by atoms with Crippen LogP contribution in [0.5, 0.6) is 5.75 Å². The van der Waals surface area contributed by atoms with Crippen LogP contribution in [0.25, 0.3) is 0 Å². The standard InChI is InChI=1S/C24H40O2.Na.H/c1-3-5-7-9-10-11-13-14-16-22-18-20-23(21-19-22)26-24(25)17-15-12-8-6-4-2;;/h18-21H,3-17H2,1-2H3;;. The topological polar surface area (TPSA) is 26.3 Å². The van der Waals surface area contributed by atoms with Gasteiger partial charge < -0.3 is 4.74 Å². The average molecular weight is 385 g/mol. The van der Waals surface area contributed by atoms with Gasteiger partial charge in [-0.1, -0.05) is 96.6 Å². The number of ether oxygens (including phenoxy) is 1. The van der Waals surface area contributed by atoms with Crippen LogP contribution in [0, 0.1) is 0 Å². The van der Waals surface area contributed by atoms with Crippen molar-refractivity contribution in [3.05, 3.63) is 29.8 Å². The Balaban J connectivity index is 0.00000676. The van der Waals surface area contributed by atoms with E-state index in [1.165, 1.54) is 76.2 Å². The fourth-order valence-corrected chi connectivity index (χ4v) is 3.24. The van der Waals surface area contributed by atoms with Gasteiger partial charge in [-0.05, 0) is 37.0 Å². The molecule has 0 heterocycles. The van der Waals surface area contributed by atoms with E-state index in [2.05, 4.69) is 26.0 Å². The molecule has 2 nitrogen and oxygen atoms in total. The number of carbonyl (C=O) groups excluding carboxylic acids is 1. The van der Waals surface area contributed by atoms with Crippen molar-refractivity contribution in [1.29, 1.82) is 0 Å². The van der Waals surface area contributed by atoms with E-state index in [4.69, 9.17) is 4.74 Å². The molecular formula is C24H41NaO2. The van der Waals surface area contributed by atoms with Crippen LogP contribution in [0.15, 0.2) is 24.3 Å². The van der Waals surface area contributed by atoms with Crippen LogP contribution in [-0.2, 0) is 11.2 Å². The fourth-order valence-electron chi connectivity index (χ4n) is 3.24. The van der Waals surface area contributed by atoms with Gasteiger partial charge in [-0.25, -0.2) is 0 Å².